The first-order chi connectivity index (χ1) is 8.24. The summed E-state index contributed by atoms with van der Waals surface area (Å²) in [7, 11) is 1.79. The van der Waals surface area contributed by atoms with Crippen molar-refractivity contribution < 1.29 is 9.84 Å². The summed E-state index contributed by atoms with van der Waals surface area (Å²) in [6, 6.07) is 2.12. The molecule has 2 rings (SSSR count). The Balaban J connectivity index is 2.18. The third-order valence-corrected chi connectivity index (χ3v) is 2.87. The molecule has 1 fully saturated rings. The summed E-state index contributed by atoms with van der Waals surface area (Å²) in [6.07, 6.45) is 1.59. The summed E-state index contributed by atoms with van der Waals surface area (Å²) < 4.78 is 5.50. The maximum Gasteiger partial charge on any atom is 0.224 e. The average molecular weight is 238 g/mol. The van der Waals surface area contributed by atoms with E-state index in [9.17, 15) is 0 Å². The minimum Gasteiger partial charge on any atom is -0.394 e. The Morgan fingerprint density at radius 3 is 3.18 bits per heavy atom. The molecule has 2 atom stereocenters. The molecule has 1 aromatic heterocycles. The van der Waals surface area contributed by atoms with Gasteiger partial charge in [0.25, 0.3) is 0 Å². The summed E-state index contributed by atoms with van der Waals surface area (Å²) in [5.41, 5.74) is 0. The van der Waals surface area contributed by atoms with Gasteiger partial charge in [0, 0.05) is 19.8 Å². The number of morpholine rings is 1. The molecule has 1 saturated heterocycles. The van der Waals surface area contributed by atoms with Crippen molar-refractivity contribution in [3.63, 3.8) is 0 Å². The van der Waals surface area contributed by atoms with Crippen LogP contribution in [0, 0.1) is 0 Å². The molecule has 0 aromatic carbocycles. The van der Waals surface area contributed by atoms with Gasteiger partial charge in [0.1, 0.15) is 5.82 Å². The minimum absolute atomic E-state index is 0.0349. The van der Waals surface area contributed by atoms with Gasteiger partial charge in [0.2, 0.25) is 5.95 Å². The van der Waals surface area contributed by atoms with Crippen molar-refractivity contribution in [2.45, 2.75) is 19.1 Å². The van der Waals surface area contributed by atoms with Gasteiger partial charge in [0.15, 0.2) is 0 Å². The van der Waals surface area contributed by atoms with Gasteiger partial charge in [-0.15, -0.1) is 0 Å². The fourth-order valence-corrected chi connectivity index (χ4v) is 1.88. The van der Waals surface area contributed by atoms with Crippen LogP contribution in [0.4, 0.5) is 11.8 Å². The SMILES string of the molecule is CNc1nccc(N2CC(CO)OCC2C)n1. The highest BCUT2D eigenvalue weighted by atomic mass is 16.5. The second-order valence-electron chi connectivity index (χ2n) is 4.13. The molecule has 0 bridgehead atoms. The lowest BCUT2D eigenvalue weighted by atomic mass is 10.2. The molecule has 0 amide bonds. The molecule has 1 aliphatic rings. The number of hydrogen-bond donors (Lipinski definition) is 2. The number of anilines is 2. The number of rotatable bonds is 3. The van der Waals surface area contributed by atoms with Crippen LogP contribution in [-0.4, -0.2) is 54.0 Å². The van der Waals surface area contributed by atoms with Crippen LogP contribution in [-0.2, 0) is 4.74 Å². The van der Waals surface area contributed by atoms with Crippen molar-refractivity contribution in [2.24, 2.45) is 0 Å². The predicted octanol–water partition coefficient (Wildman–Crippen LogP) is 0.104. The van der Waals surface area contributed by atoms with Crippen LogP contribution in [0.2, 0.25) is 0 Å². The zero-order valence-corrected chi connectivity index (χ0v) is 10.1. The monoisotopic (exact) mass is 238 g/mol. The van der Waals surface area contributed by atoms with E-state index in [2.05, 4.69) is 27.1 Å². The highest BCUT2D eigenvalue weighted by Gasteiger charge is 2.26. The van der Waals surface area contributed by atoms with Crippen LogP contribution in [0.3, 0.4) is 0 Å². The summed E-state index contributed by atoms with van der Waals surface area (Å²) >= 11 is 0. The highest BCUT2D eigenvalue weighted by Crippen LogP contribution is 2.20. The van der Waals surface area contributed by atoms with Crippen molar-refractivity contribution in [1.82, 2.24) is 9.97 Å². The second-order valence-corrected chi connectivity index (χ2v) is 4.13. The molecule has 0 radical (unpaired) electrons. The van der Waals surface area contributed by atoms with Crippen LogP contribution in [0.1, 0.15) is 6.92 Å². The van der Waals surface area contributed by atoms with Gasteiger partial charge in [-0.1, -0.05) is 0 Å². The molecule has 6 heteroatoms. The molecule has 0 saturated carbocycles. The smallest absolute Gasteiger partial charge is 0.224 e. The zero-order chi connectivity index (χ0) is 12.3. The van der Waals surface area contributed by atoms with E-state index >= 15 is 0 Å². The molecule has 2 unspecified atom stereocenters. The molecule has 17 heavy (non-hydrogen) atoms. The lowest BCUT2D eigenvalue weighted by Gasteiger charge is -2.38. The van der Waals surface area contributed by atoms with Crippen molar-refractivity contribution >= 4 is 11.8 Å². The quantitative estimate of drug-likeness (QED) is 0.778. The fourth-order valence-electron chi connectivity index (χ4n) is 1.88. The number of hydrogen-bond acceptors (Lipinski definition) is 6. The Morgan fingerprint density at radius 2 is 2.47 bits per heavy atom. The summed E-state index contributed by atoms with van der Waals surface area (Å²) in [4.78, 5) is 10.6. The minimum atomic E-state index is -0.140. The number of aromatic nitrogens is 2. The Hall–Kier alpha value is -1.40. The molecule has 0 aliphatic carbocycles. The van der Waals surface area contributed by atoms with E-state index in [-0.39, 0.29) is 18.8 Å². The van der Waals surface area contributed by atoms with Crippen molar-refractivity contribution in [2.75, 3.05) is 37.0 Å². The average Bonchev–Trinajstić information content (AvgIpc) is 2.39. The van der Waals surface area contributed by atoms with Crippen molar-refractivity contribution in [3.05, 3.63) is 12.3 Å². The van der Waals surface area contributed by atoms with Gasteiger partial charge < -0.3 is 20.1 Å². The number of nitrogens with one attached hydrogen (secondary N) is 1. The highest BCUT2D eigenvalue weighted by molar-refractivity contribution is 5.43. The molecule has 94 valence electrons. The maximum absolute atomic E-state index is 9.15. The summed E-state index contributed by atoms with van der Waals surface area (Å²) in [6.45, 7) is 3.36. The second kappa shape index (κ2) is 5.29. The fraction of sp³-hybridized carbons (Fsp3) is 0.636. The normalized spacial score (nSPS) is 24.8. The van der Waals surface area contributed by atoms with Crippen LogP contribution in [0.15, 0.2) is 12.3 Å². The largest absolute Gasteiger partial charge is 0.394 e. The standard InChI is InChI=1S/C11H18N4O2/c1-8-7-17-9(6-16)5-15(8)10-3-4-13-11(12-2)14-10/h3-4,8-9,16H,5-7H2,1-2H3,(H,12,13,14). The molecule has 1 aliphatic heterocycles. The molecular weight excluding hydrogens is 220 g/mol. The summed E-state index contributed by atoms with van der Waals surface area (Å²) in [5.74, 6) is 1.46. The maximum atomic E-state index is 9.15. The molecule has 6 nitrogen and oxygen atoms in total. The van der Waals surface area contributed by atoms with Crippen molar-refractivity contribution in [1.29, 1.82) is 0 Å². The van der Waals surface area contributed by atoms with Gasteiger partial charge in [-0.25, -0.2) is 4.98 Å². The van der Waals surface area contributed by atoms with E-state index in [0.29, 0.717) is 19.1 Å². The molecule has 2 heterocycles. The predicted molar refractivity (Wildman–Crippen MR) is 65.2 cm³/mol. The number of ether oxygens (including phenoxy) is 1. The molecule has 0 spiro atoms. The zero-order valence-electron chi connectivity index (χ0n) is 10.1. The number of nitrogens with zero attached hydrogens (tertiary/aromatic N) is 3. The Morgan fingerprint density at radius 1 is 1.65 bits per heavy atom. The van der Waals surface area contributed by atoms with E-state index in [0.717, 1.165) is 5.82 Å². The van der Waals surface area contributed by atoms with E-state index in [1.54, 1.807) is 13.2 Å². The van der Waals surface area contributed by atoms with Crippen LogP contribution in [0.25, 0.3) is 0 Å². The van der Waals surface area contributed by atoms with Gasteiger partial charge in [-0.05, 0) is 13.0 Å². The third kappa shape index (κ3) is 2.65. The van der Waals surface area contributed by atoms with Crippen molar-refractivity contribution in [3.8, 4) is 0 Å². The Labute approximate surface area is 101 Å². The first kappa shape index (κ1) is 12.1. The Bertz CT molecular complexity index is 374. The van der Waals surface area contributed by atoms with Gasteiger partial charge >= 0.3 is 0 Å². The lowest BCUT2D eigenvalue weighted by Crippen LogP contribution is -2.50. The van der Waals surface area contributed by atoms with Gasteiger partial charge in [-0.3, -0.25) is 0 Å². The topological polar surface area (TPSA) is 70.5 Å². The summed E-state index contributed by atoms with van der Waals surface area (Å²) in [5, 5.41) is 12.1. The van der Waals surface area contributed by atoms with E-state index in [1.165, 1.54) is 0 Å². The molecular formula is C11H18N4O2. The van der Waals surface area contributed by atoms with E-state index in [4.69, 9.17) is 9.84 Å². The van der Waals surface area contributed by atoms with E-state index < -0.39 is 0 Å². The lowest BCUT2D eigenvalue weighted by molar-refractivity contribution is -0.0105. The van der Waals surface area contributed by atoms with Gasteiger partial charge in [-0.2, -0.15) is 4.98 Å². The first-order valence-corrected chi connectivity index (χ1v) is 5.74. The third-order valence-electron chi connectivity index (χ3n) is 2.87. The van der Waals surface area contributed by atoms with Gasteiger partial charge in [0.05, 0.1) is 25.4 Å². The molecule has 2 N–H and O–H groups in total. The first-order valence-electron chi connectivity index (χ1n) is 5.74. The molecule has 1 aromatic rings. The number of aliphatic hydroxyl groups is 1. The van der Waals surface area contributed by atoms with Crippen LogP contribution < -0.4 is 10.2 Å². The van der Waals surface area contributed by atoms with E-state index in [1.807, 2.05) is 6.07 Å². The number of aliphatic hydroxyl groups excluding tert-OH is 1. The Kier molecular flexibility index (Phi) is 3.75. The van der Waals surface area contributed by atoms with Crippen LogP contribution in [0.5, 0.6) is 0 Å². The van der Waals surface area contributed by atoms with Crippen LogP contribution >= 0.6 is 0 Å².